The second kappa shape index (κ2) is 5.05. The van der Waals surface area contributed by atoms with Gasteiger partial charge in [-0.1, -0.05) is 0 Å². The third-order valence-electron chi connectivity index (χ3n) is 2.28. The van der Waals surface area contributed by atoms with E-state index in [0.717, 1.165) is 0 Å². The highest BCUT2D eigenvalue weighted by Crippen LogP contribution is 2.21. The molecule has 6 heteroatoms. The Balaban J connectivity index is 2.17. The van der Waals surface area contributed by atoms with Crippen LogP contribution in [-0.4, -0.2) is 16.0 Å². The Morgan fingerprint density at radius 1 is 1.22 bits per heavy atom. The van der Waals surface area contributed by atoms with Crippen molar-refractivity contribution < 1.29 is 9.90 Å². The topological polar surface area (TPSA) is 91.7 Å². The molecule has 1 aromatic heterocycles. The van der Waals surface area contributed by atoms with Gasteiger partial charge in [0.05, 0.1) is 11.9 Å². The average molecular weight is 243 g/mol. The van der Waals surface area contributed by atoms with Gasteiger partial charge in [-0.3, -0.25) is 9.78 Å². The number of hydrogen-bond acceptors (Lipinski definition) is 5. The summed E-state index contributed by atoms with van der Waals surface area (Å²) in [6.45, 7) is 0. The number of nitrogens with one attached hydrogen (secondary N) is 1. The van der Waals surface area contributed by atoms with Crippen molar-refractivity contribution >= 4 is 17.3 Å². The van der Waals surface area contributed by atoms with Crippen LogP contribution in [0.5, 0.6) is 5.75 Å². The highest BCUT2D eigenvalue weighted by Gasteiger charge is 2.08. The number of pyridine rings is 1. The fourth-order valence-electron chi connectivity index (χ4n) is 1.36. The lowest BCUT2D eigenvalue weighted by Gasteiger charge is -2.06. The minimum Gasteiger partial charge on any atom is -0.504 e. The zero-order chi connectivity index (χ0) is 13.0. The summed E-state index contributed by atoms with van der Waals surface area (Å²) in [6.07, 6.45) is 2.68. The molecule has 0 aliphatic heterocycles. The van der Waals surface area contributed by atoms with E-state index in [0.29, 0.717) is 5.56 Å². The highest BCUT2D eigenvalue weighted by atomic mass is 16.3. The van der Waals surface area contributed by atoms with Gasteiger partial charge in [-0.25, -0.2) is 0 Å². The molecule has 90 valence electrons. The summed E-state index contributed by atoms with van der Waals surface area (Å²) in [7, 11) is 0. The monoisotopic (exact) mass is 243 g/mol. The lowest BCUT2D eigenvalue weighted by Crippen LogP contribution is -2.11. The first-order chi connectivity index (χ1) is 8.70. The maximum atomic E-state index is 11.8. The maximum absolute atomic E-state index is 11.8. The normalized spacial score (nSPS) is 9.78. The molecular formula is C12H9N3O3. The number of benzene rings is 1. The van der Waals surface area contributed by atoms with Crippen LogP contribution < -0.4 is 5.32 Å². The quantitative estimate of drug-likeness (QED) is 0.810. The van der Waals surface area contributed by atoms with E-state index in [9.17, 15) is 14.8 Å². The van der Waals surface area contributed by atoms with Crippen molar-refractivity contribution in [3.8, 4) is 5.75 Å². The number of aromatic nitrogens is 1. The first kappa shape index (κ1) is 11.7. The van der Waals surface area contributed by atoms with Crippen LogP contribution in [0, 0.1) is 4.91 Å². The summed E-state index contributed by atoms with van der Waals surface area (Å²) in [5.74, 6) is -0.508. The molecule has 0 atom stereocenters. The summed E-state index contributed by atoms with van der Waals surface area (Å²) >= 11 is 0. The largest absolute Gasteiger partial charge is 0.504 e. The zero-order valence-corrected chi connectivity index (χ0v) is 9.20. The smallest absolute Gasteiger partial charge is 0.255 e. The molecule has 0 aliphatic carbocycles. The minimum atomic E-state index is -0.394. The van der Waals surface area contributed by atoms with Gasteiger partial charge < -0.3 is 10.4 Å². The third-order valence-corrected chi connectivity index (χ3v) is 2.28. The van der Waals surface area contributed by atoms with Gasteiger partial charge in [0.15, 0.2) is 5.75 Å². The number of rotatable bonds is 3. The molecule has 0 bridgehead atoms. The lowest BCUT2D eigenvalue weighted by atomic mass is 10.2. The van der Waals surface area contributed by atoms with Crippen molar-refractivity contribution in [2.24, 2.45) is 5.18 Å². The minimum absolute atomic E-state index is 0.114. The second-order valence-electron chi connectivity index (χ2n) is 3.49. The van der Waals surface area contributed by atoms with Crippen LogP contribution >= 0.6 is 0 Å². The van der Waals surface area contributed by atoms with E-state index in [4.69, 9.17) is 0 Å². The van der Waals surface area contributed by atoms with E-state index in [-0.39, 0.29) is 17.1 Å². The Morgan fingerprint density at radius 3 is 2.56 bits per heavy atom. The van der Waals surface area contributed by atoms with Crippen LogP contribution in [0.1, 0.15) is 10.4 Å². The summed E-state index contributed by atoms with van der Waals surface area (Å²) in [6, 6.07) is 7.31. The van der Waals surface area contributed by atoms with Crippen LogP contribution in [-0.2, 0) is 0 Å². The van der Waals surface area contributed by atoms with Gasteiger partial charge in [0.2, 0.25) is 0 Å². The van der Waals surface area contributed by atoms with Crippen LogP contribution in [0.15, 0.2) is 47.9 Å². The first-order valence-corrected chi connectivity index (χ1v) is 5.08. The molecule has 0 aliphatic rings. The lowest BCUT2D eigenvalue weighted by molar-refractivity contribution is 0.102. The Bertz CT molecular complexity index is 581. The summed E-state index contributed by atoms with van der Waals surface area (Å²) < 4.78 is 0. The number of nitrogens with zero attached hydrogens (tertiary/aromatic N) is 2. The molecule has 0 radical (unpaired) electrons. The number of aromatic hydroxyl groups is 1. The molecule has 0 fully saturated rings. The van der Waals surface area contributed by atoms with Crippen molar-refractivity contribution in [1.82, 2.24) is 4.98 Å². The van der Waals surface area contributed by atoms with Crippen molar-refractivity contribution in [3.05, 3.63) is 53.2 Å². The van der Waals surface area contributed by atoms with Gasteiger partial charge in [-0.05, 0) is 35.5 Å². The molecule has 6 nitrogen and oxygen atoms in total. The van der Waals surface area contributed by atoms with Crippen LogP contribution in [0.3, 0.4) is 0 Å². The number of carbonyl (C=O) groups is 1. The molecule has 0 saturated carbocycles. The highest BCUT2D eigenvalue weighted by molar-refractivity contribution is 6.05. The molecular weight excluding hydrogens is 234 g/mol. The zero-order valence-electron chi connectivity index (χ0n) is 9.20. The van der Waals surface area contributed by atoms with Crippen molar-refractivity contribution in [3.63, 3.8) is 0 Å². The number of carbonyl (C=O) groups excluding carboxylic acids is 1. The maximum Gasteiger partial charge on any atom is 0.255 e. The molecule has 1 amide bonds. The van der Waals surface area contributed by atoms with Crippen LogP contribution in [0.25, 0.3) is 0 Å². The van der Waals surface area contributed by atoms with Crippen molar-refractivity contribution in [1.29, 1.82) is 0 Å². The predicted octanol–water partition coefficient (Wildman–Crippen LogP) is 2.44. The number of amides is 1. The van der Waals surface area contributed by atoms with Gasteiger partial charge in [-0.15, -0.1) is 4.91 Å². The molecule has 2 rings (SSSR count). The van der Waals surface area contributed by atoms with E-state index in [1.807, 2.05) is 0 Å². The number of nitroso groups, excluding NO2 is 1. The van der Waals surface area contributed by atoms with E-state index < -0.39 is 5.91 Å². The molecule has 18 heavy (non-hydrogen) atoms. The fourth-order valence-corrected chi connectivity index (χ4v) is 1.36. The van der Waals surface area contributed by atoms with Gasteiger partial charge in [0, 0.05) is 11.8 Å². The van der Waals surface area contributed by atoms with Crippen LogP contribution in [0.2, 0.25) is 0 Å². The molecule has 1 heterocycles. The standard InChI is InChI=1S/C12H9N3O3/c16-11-7-13-6-5-10(11)14-12(17)8-1-3-9(15-18)4-2-8/h1-7,16H,(H,13,14,17). The fraction of sp³-hybridized carbons (Fsp3) is 0. The average Bonchev–Trinajstić information content (AvgIpc) is 2.41. The SMILES string of the molecule is O=Nc1ccc(C(=O)Nc2ccncc2O)cc1. The molecule has 0 spiro atoms. The van der Waals surface area contributed by atoms with Gasteiger partial charge in [0.25, 0.3) is 5.91 Å². The van der Waals surface area contributed by atoms with E-state index in [2.05, 4.69) is 15.5 Å². The molecule has 1 aromatic carbocycles. The molecule has 0 unspecified atom stereocenters. The molecule has 2 N–H and O–H groups in total. The van der Waals surface area contributed by atoms with E-state index in [1.165, 1.54) is 42.7 Å². The number of hydrogen-bond donors (Lipinski definition) is 2. The summed E-state index contributed by atoms with van der Waals surface area (Å²) in [4.78, 5) is 25.7. The predicted molar refractivity (Wildman–Crippen MR) is 65.8 cm³/mol. The third kappa shape index (κ3) is 2.49. The first-order valence-electron chi connectivity index (χ1n) is 5.08. The second-order valence-corrected chi connectivity index (χ2v) is 3.49. The summed E-state index contributed by atoms with van der Waals surface area (Å²) in [5, 5.41) is 14.7. The Hall–Kier alpha value is -2.76. The van der Waals surface area contributed by atoms with E-state index >= 15 is 0 Å². The van der Waals surface area contributed by atoms with Crippen molar-refractivity contribution in [2.45, 2.75) is 0 Å². The Kier molecular flexibility index (Phi) is 3.29. The Morgan fingerprint density at radius 2 is 1.94 bits per heavy atom. The molecule has 2 aromatic rings. The van der Waals surface area contributed by atoms with E-state index in [1.54, 1.807) is 0 Å². The Labute approximate surface area is 102 Å². The van der Waals surface area contributed by atoms with Crippen molar-refractivity contribution in [2.75, 3.05) is 5.32 Å². The summed E-state index contributed by atoms with van der Waals surface area (Å²) in [5.41, 5.74) is 0.879. The van der Waals surface area contributed by atoms with Crippen LogP contribution in [0.4, 0.5) is 11.4 Å². The molecule has 0 saturated heterocycles. The van der Waals surface area contributed by atoms with Gasteiger partial charge in [-0.2, -0.15) is 0 Å². The van der Waals surface area contributed by atoms with Gasteiger partial charge >= 0.3 is 0 Å². The number of anilines is 1. The van der Waals surface area contributed by atoms with Gasteiger partial charge in [0.1, 0.15) is 5.69 Å².